The maximum absolute atomic E-state index is 14.8. The number of ether oxygens (including phenoxy) is 2. The lowest BCUT2D eigenvalue weighted by molar-refractivity contribution is -0.276. The largest absolute Gasteiger partial charge is 0.573 e. The lowest BCUT2D eigenvalue weighted by atomic mass is 10.0. The van der Waals surface area contributed by atoms with Gasteiger partial charge in [0.15, 0.2) is 11.6 Å². The van der Waals surface area contributed by atoms with Crippen LogP contribution in [-0.4, -0.2) is 6.36 Å². The molecule has 0 saturated carbocycles. The van der Waals surface area contributed by atoms with Crippen molar-refractivity contribution in [2.24, 2.45) is 0 Å². The summed E-state index contributed by atoms with van der Waals surface area (Å²) in [7, 11) is 0. The number of hydrogen-bond acceptors (Lipinski definition) is 2. The molecule has 0 aliphatic carbocycles. The lowest BCUT2D eigenvalue weighted by Crippen LogP contribution is -2.25. The van der Waals surface area contributed by atoms with E-state index in [-0.39, 0.29) is 16.7 Å². The molecule has 13 heteroatoms. The Kier molecular flexibility index (Phi) is 8.11. The van der Waals surface area contributed by atoms with Crippen LogP contribution in [0.15, 0.2) is 60.7 Å². The summed E-state index contributed by atoms with van der Waals surface area (Å²) < 4.78 is 160. The molecule has 0 fully saturated rings. The highest BCUT2D eigenvalue weighted by molar-refractivity contribution is 5.65. The second kappa shape index (κ2) is 11.3. The van der Waals surface area contributed by atoms with Crippen molar-refractivity contribution >= 4 is 0 Å². The Hall–Kier alpha value is -4.73. The van der Waals surface area contributed by atoms with Gasteiger partial charge in [-0.2, -0.15) is 8.78 Å². The topological polar surface area (TPSA) is 18.5 Å². The number of alkyl halides is 5. The first kappa shape index (κ1) is 30.2. The summed E-state index contributed by atoms with van der Waals surface area (Å²) in [6.07, 6.45) is -10.1. The van der Waals surface area contributed by atoms with Crippen LogP contribution in [0, 0.1) is 53.7 Å². The van der Waals surface area contributed by atoms with Gasteiger partial charge in [-0.1, -0.05) is 30.0 Å². The summed E-state index contributed by atoms with van der Waals surface area (Å²) in [5, 5.41) is 0. The highest BCUT2D eigenvalue weighted by Crippen LogP contribution is 2.38. The maximum Gasteiger partial charge on any atom is 0.573 e. The normalized spacial score (nSPS) is 11.6. The van der Waals surface area contributed by atoms with Gasteiger partial charge in [0.2, 0.25) is 5.75 Å². The predicted molar refractivity (Wildman–Crippen MR) is 126 cm³/mol. The van der Waals surface area contributed by atoms with E-state index in [1.807, 2.05) is 0 Å². The molecule has 0 heterocycles. The van der Waals surface area contributed by atoms with E-state index in [4.69, 9.17) is 0 Å². The first-order valence-corrected chi connectivity index (χ1v) is 11.4. The molecule has 4 rings (SSSR count). The molecular formula is C29H13F11O2. The Bertz CT molecular complexity index is 1670. The molecule has 0 amide bonds. The van der Waals surface area contributed by atoms with Crippen molar-refractivity contribution in [3.05, 3.63) is 118 Å². The number of rotatable bonds is 5. The molecular weight excluding hydrogens is 589 g/mol. The van der Waals surface area contributed by atoms with Crippen molar-refractivity contribution in [1.29, 1.82) is 0 Å². The minimum absolute atomic E-state index is 0.165. The summed E-state index contributed by atoms with van der Waals surface area (Å²) in [6.45, 7) is 1.17. The molecule has 0 bridgehead atoms. The number of halogens is 11. The van der Waals surface area contributed by atoms with Crippen molar-refractivity contribution in [3.63, 3.8) is 0 Å². The van der Waals surface area contributed by atoms with Crippen LogP contribution in [0.1, 0.15) is 22.3 Å². The maximum atomic E-state index is 14.8. The van der Waals surface area contributed by atoms with Crippen LogP contribution in [-0.2, 0) is 6.11 Å². The SMILES string of the molecule is Cc1cc(OC(F)(F)c2c(F)cc(-c3ccccc3F)cc2F)cc(F)c1C#Cc1cc(F)c(OC(F)(F)F)c(F)c1. The number of hydrogen-bond donors (Lipinski definition) is 0. The molecule has 218 valence electrons. The molecule has 0 aliphatic heterocycles. The fraction of sp³-hybridized carbons (Fsp3) is 0.103. The van der Waals surface area contributed by atoms with Gasteiger partial charge < -0.3 is 9.47 Å². The molecule has 0 atom stereocenters. The van der Waals surface area contributed by atoms with Crippen LogP contribution in [0.25, 0.3) is 11.1 Å². The van der Waals surface area contributed by atoms with E-state index in [1.54, 1.807) is 0 Å². The van der Waals surface area contributed by atoms with Crippen molar-refractivity contribution in [1.82, 2.24) is 0 Å². The zero-order valence-electron chi connectivity index (χ0n) is 20.7. The minimum atomic E-state index is -5.38. The van der Waals surface area contributed by atoms with E-state index >= 15 is 0 Å². The summed E-state index contributed by atoms with van der Waals surface area (Å²) >= 11 is 0. The number of benzene rings is 4. The molecule has 4 aromatic rings. The average molecular weight is 602 g/mol. The summed E-state index contributed by atoms with van der Waals surface area (Å²) in [4.78, 5) is 0. The van der Waals surface area contributed by atoms with Crippen LogP contribution >= 0.6 is 0 Å². The van der Waals surface area contributed by atoms with Gasteiger partial charge in [-0.3, -0.25) is 0 Å². The van der Waals surface area contributed by atoms with Gasteiger partial charge in [-0.05, 0) is 54.4 Å². The number of aryl methyl sites for hydroxylation is 1. The molecule has 0 N–H and O–H groups in total. The van der Waals surface area contributed by atoms with Gasteiger partial charge >= 0.3 is 12.5 Å². The van der Waals surface area contributed by atoms with E-state index in [1.165, 1.54) is 25.1 Å². The quantitative estimate of drug-likeness (QED) is 0.168. The van der Waals surface area contributed by atoms with E-state index in [2.05, 4.69) is 21.3 Å². The second-order valence-electron chi connectivity index (χ2n) is 8.58. The Morgan fingerprint density at radius 1 is 0.619 bits per heavy atom. The third kappa shape index (κ3) is 6.59. The van der Waals surface area contributed by atoms with Crippen LogP contribution in [0.2, 0.25) is 0 Å². The summed E-state index contributed by atoms with van der Waals surface area (Å²) in [6, 6.07) is 7.82. The zero-order chi connectivity index (χ0) is 31.0. The molecule has 2 nitrogen and oxygen atoms in total. The second-order valence-corrected chi connectivity index (χ2v) is 8.58. The van der Waals surface area contributed by atoms with Gasteiger partial charge in [0.05, 0.1) is 5.56 Å². The van der Waals surface area contributed by atoms with Gasteiger partial charge in [-0.25, -0.2) is 26.3 Å². The van der Waals surface area contributed by atoms with Crippen LogP contribution in [0.3, 0.4) is 0 Å². The predicted octanol–water partition coefficient (Wildman–Crippen LogP) is 8.92. The first-order valence-electron chi connectivity index (χ1n) is 11.4. The highest BCUT2D eigenvalue weighted by Gasteiger charge is 2.41. The molecule has 42 heavy (non-hydrogen) atoms. The molecule has 0 unspecified atom stereocenters. The average Bonchev–Trinajstić information content (AvgIpc) is 2.84. The standard InChI is InChI=1S/C29H13F11O2/c1-14-8-17(13-21(31)18(14)7-6-15-9-24(34)27(25(35)10-15)42-29(38,39)40)41-28(36,37)26-22(32)11-16(12-23(26)33)19-4-2-3-5-20(19)30/h2-5,8-13H,1H3. The third-order valence-electron chi connectivity index (χ3n) is 5.57. The van der Waals surface area contributed by atoms with E-state index in [0.29, 0.717) is 30.3 Å². The van der Waals surface area contributed by atoms with Crippen molar-refractivity contribution in [3.8, 4) is 34.5 Å². The van der Waals surface area contributed by atoms with Crippen molar-refractivity contribution in [2.45, 2.75) is 19.4 Å². The third-order valence-corrected chi connectivity index (χ3v) is 5.57. The molecule has 0 spiro atoms. The van der Waals surface area contributed by atoms with Gasteiger partial charge in [0, 0.05) is 17.2 Å². The first-order chi connectivity index (χ1) is 19.6. The molecule has 0 aliphatic rings. The Morgan fingerprint density at radius 2 is 1.21 bits per heavy atom. The Balaban J connectivity index is 1.61. The van der Waals surface area contributed by atoms with E-state index < -0.39 is 75.6 Å². The van der Waals surface area contributed by atoms with Crippen LogP contribution in [0.4, 0.5) is 48.3 Å². The van der Waals surface area contributed by atoms with Gasteiger partial charge in [0.25, 0.3) is 0 Å². The van der Waals surface area contributed by atoms with Crippen LogP contribution in [0.5, 0.6) is 11.5 Å². The summed E-state index contributed by atoms with van der Waals surface area (Å²) in [5.74, 6) is -7.51. The lowest BCUT2D eigenvalue weighted by Gasteiger charge is -2.20. The Morgan fingerprint density at radius 3 is 1.76 bits per heavy atom. The van der Waals surface area contributed by atoms with Gasteiger partial charge in [0.1, 0.15) is 34.6 Å². The summed E-state index contributed by atoms with van der Waals surface area (Å²) in [5.41, 5.74) is -3.61. The van der Waals surface area contributed by atoms with Crippen molar-refractivity contribution < 1.29 is 57.8 Å². The fourth-order valence-corrected chi connectivity index (χ4v) is 3.81. The molecule has 0 radical (unpaired) electrons. The Labute approximate surface area is 229 Å². The smallest absolute Gasteiger partial charge is 0.429 e. The zero-order valence-corrected chi connectivity index (χ0v) is 20.7. The highest BCUT2D eigenvalue weighted by atomic mass is 19.4. The molecule has 0 aromatic heterocycles. The molecule has 0 saturated heterocycles. The molecule has 4 aromatic carbocycles. The fourth-order valence-electron chi connectivity index (χ4n) is 3.81. The monoisotopic (exact) mass is 602 g/mol. The van der Waals surface area contributed by atoms with Crippen LogP contribution < -0.4 is 9.47 Å². The van der Waals surface area contributed by atoms with E-state index in [9.17, 15) is 48.3 Å². The van der Waals surface area contributed by atoms with Gasteiger partial charge in [-0.15, -0.1) is 13.2 Å². The van der Waals surface area contributed by atoms with E-state index in [0.717, 1.165) is 12.1 Å². The minimum Gasteiger partial charge on any atom is -0.429 e. The van der Waals surface area contributed by atoms with Crippen molar-refractivity contribution in [2.75, 3.05) is 0 Å².